The number of nitrogens with zero attached hydrogens (tertiary/aromatic N) is 1. The van der Waals surface area contributed by atoms with Gasteiger partial charge >= 0.3 is 0 Å². The smallest absolute Gasteiger partial charge is 0.253 e. The fraction of sp³-hybridized carbons (Fsp3) is 0.391. The van der Waals surface area contributed by atoms with E-state index in [0.717, 1.165) is 31.4 Å². The number of hydrogen-bond acceptors (Lipinski definition) is 3. The van der Waals surface area contributed by atoms with Gasteiger partial charge in [0, 0.05) is 30.3 Å². The summed E-state index contributed by atoms with van der Waals surface area (Å²) in [6, 6.07) is 13.3. The lowest BCUT2D eigenvalue weighted by atomic mass is 9.97. The molecule has 2 aliphatic rings. The Morgan fingerprint density at radius 3 is 2.17 bits per heavy atom. The third kappa shape index (κ3) is 5.13. The second kappa shape index (κ2) is 8.64. The van der Waals surface area contributed by atoms with Crippen molar-refractivity contribution in [2.75, 3.05) is 19.7 Å². The Morgan fingerprint density at radius 1 is 0.931 bits per heavy atom. The zero-order valence-electron chi connectivity index (χ0n) is 16.3. The van der Waals surface area contributed by atoms with E-state index in [4.69, 9.17) is 4.74 Å². The average molecular weight is 396 g/mol. The van der Waals surface area contributed by atoms with Crippen LogP contribution in [-0.4, -0.2) is 42.5 Å². The average Bonchev–Trinajstić information content (AvgIpc) is 3.57. The van der Waals surface area contributed by atoms with E-state index in [1.807, 2.05) is 17.0 Å². The number of hydrogen-bond donors (Lipinski definition) is 1. The lowest BCUT2D eigenvalue weighted by Gasteiger charge is -2.32. The predicted octanol–water partition coefficient (Wildman–Crippen LogP) is 3.65. The van der Waals surface area contributed by atoms with Gasteiger partial charge in [0.05, 0.1) is 6.61 Å². The number of rotatable bonds is 6. The number of ether oxygens (including phenoxy) is 1. The summed E-state index contributed by atoms with van der Waals surface area (Å²) in [7, 11) is 0. The molecule has 2 fully saturated rings. The number of benzene rings is 2. The first-order valence-electron chi connectivity index (χ1n) is 10.2. The molecular formula is C23H25FN2O3. The van der Waals surface area contributed by atoms with Crippen molar-refractivity contribution in [1.29, 1.82) is 0 Å². The molecule has 0 spiro atoms. The van der Waals surface area contributed by atoms with Crippen molar-refractivity contribution in [2.45, 2.75) is 31.7 Å². The van der Waals surface area contributed by atoms with Gasteiger partial charge in [0.15, 0.2) is 0 Å². The minimum Gasteiger partial charge on any atom is -0.493 e. The maximum absolute atomic E-state index is 13.0. The number of likely N-dealkylation sites (tertiary alicyclic amines) is 1. The fourth-order valence-electron chi connectivity index (χ4n) is 3.49. The second-order valence-electron chi connectivity index (χ2n) is 7.83. The summed E-state index contributed by atoms with van der Waals surface area (Å²) >= 11 is 0. The van der Waals surface area contributed by atoms with Crippen molar-refractivity contribution >= 4 is 11.8 Å². The highest BCUT2D eigenvalue weighted by molar-refractivity contribution is 5.95. The van der Waals surface area contributed by atoms with Crippen LogP contribution in [0.15, 0.2) is 48.5 Å². The van der Waals surface area contributed by atoms with E-state index in [0.29, 0.717) is 42.8 Å². The van der Waals surface area contributed by atoms with Gasteiger partial charge in [0.25, 0.3) is 11.8 Å². The van der Waals surface area contributed by atoms with Crippen LogP contribution in [0.4, 0.5) is 4.39 Å². The van der Waals surface area contributed by atoms with E-state index in [9.17, 15) is 14.0 Å². The topological polar surface area (TPSA) is 58.6 Å². The first-order chi connectivity index (χ1) is 14.1. The van der Waals surface area contributed by atoms with Gasteiger partial charge in [-0.05, 0) is 80.1 Å². The Bertz CT molecular complexity index is 855. The Labute approximate surface area is 169 Å². The number of nitrogens with one attached hydrogen (secondary N) is 1. The zero-order valence-corrected chi connectivity index (χ0v) is 16.3. The molecule has 2 amide bonds. The van der Waals surface area contributed by atoms with Crippen LogP contribution in [0.3, 0.4) is 0 Å². The van der Waals surface area contributed by atoms with Crippen molar-refractivity contribution in [3.63, 3.8) is 0 Å². The molecule has 1 aliphatic carbocycles. The predicted molar refractivity (Wildman–Crippen MR) is 107 cm³/mol. The van der Waals surface area contributed by atoms with Gasteiger partial charge in [-0.25, -0.2) is 4.39 Å². The lowest BCUT2D eigenvalue weighted by Crippen LogP contribution is -2.39. The summed E-state index contributed by atoms with van der Waals surface area (Å²) in [4.78, 5) is 26.3. The Balaban J connectivity index is 1.22. The molecule has 6 heteroatoms. The summed E-state index contributed by atoms with van der Waals surface area (Å²) in [5, 5.41) is 2.97. The molecule has 1 saturated heterocycles. The zero-order chi connectivity index (χ0) is 20.2. The van der Waals surface area contributed by atoms with Gasteiger partial charge in [0.2, 0.25) is 0 Å². The summed E-state index contributed by atoms with van der Waals surface area (Å²) in [6.45, 7) is 1.93. The minimum absolute atomic E-state index is 0.0303. The highest BCUT2D eigenvalue weighted by atomic mass is 19.1. The standard InChI is InChI=1S/C23H25FN2O3/c24-19-5-1-18(2-6-19)23(28)26-13-11-16(12-14-26)15-29-21-9-3-17(4-10-21)22(27)25-20-7-8-20/h1-6,9-10,16,20H,7-8,11-15H2,(H,25,27). The molecular weight excluding hydrogens is 371 g/mol. The van der Waals surface area contributed by atoms with Gasteiger partial charge in [-0.3, -0.25) is 9.59 Å². The van der Waals surface area contributed by atoms with Gasteiger partial charge in [0.1, 0.15) is 11.6 Å². The first kappa shape index (κ1) is 19.4. The molecule has 29 heavy (non-hydrogen) atoms. The molecule has 0 unspecified atom stereocenters. The first-order valence-corrected chi connectivity index (χ1v) is 10.2. The maximum atomic E-state index is 13.0. The van der Waals surface area contributed by atoms with Crippen LogP contribution in [-0.2, 0) is 0 Å². The third-order valence-electron chi connectivity index (χ3n) is 5.51. The second-order valence-corrected chi connectivity index (χ2v) is 7.83. The lowest BCUT2D eigenvalue weighted by molar-refractivity contribution is 0.0660. The molecule has 0 atom stereocenters. The largest absolute Gasteiger partial charge is 0.493 e. The number of carbonyl (C=O) groups is 2. The monoisotopic (exact) mass is 396 g/mol. The van der Waals surface area contributed by atoms with E-state index in [1.165, 1.54) is 24.3 Å². The molecule has 0 aromatic heterocycles. The maximum Gasteiger partial charge on any atom is 0.253 e. The van der Waals surface area contributed by atoms with E-state index in [1.54, 1.807) is 12.1 Å². The van der Waals surface area contributed by atoms with Gasteiger partial charge in [-0.1, -0.05) is 0 Å². The molecule has 0 radical (unpaired) electrons. The van der Waals surface area contributed by atoms with Crippen molar-refractivity contribution in [3.05, 3.63) is 65.5 Å². The molecule has 0 bridgehead atoms. The Kier molecular flexibility index (Phi) is 5.79. The number of piperidine rings is 1. The van der Waals surface area contributed by atoms with E-state index < -0.39 is 0 Å². The quantitative estimate of drug-likeness (QED) is 0.811. The van der Waals surface area contributed by atoms with Crippen molar-refractivity contribution in [2.24, 2.45) is 5.92 Å². The summed E-state index contributed by atoms with van der Waals surface area (Å²) in [5.41, 5.74) is 1.17. The van der Waals surface area contributed by atoms with Gasteiger partial charge in [-0.2, -0.15) is 0 Å². The molecule has 2 aromatic carbocycles. The number of halogens is 1. The van der Waals surface area contributed by atoms with E-state index in [-0.39, 0.29) is 17.6 Å². The van der Waals surface area contributed by atoms with E-state index >= 15 is 0 Å². The molecule has 4 rings (SSSR count). The van der Waals surface area contributed by atoms with Crippen molar-refractivity contribution < 1.29 is 18.7 Å². The number of carbonyl (C=O) groups excluding carboxylic acids is 2. The van der Waals surface area contributed by atoms with Crippen molar-refractivity contribution in [1.82, 2.24) is 10.2 Å². The molecule has 5 nitrogen and oxygen atoms in total. The molecule has 1 saturated carbocycles. The van der Waals surface area contributed by atoms with Crippen LogP contribution in [0.2, 0.25) is 0 Å². The molecule has 152 valence electrons. The Morgan fingerprint density at radius 2 is 1.55 bits per heavy atom. The van der Waals surface area contributed by atoms with Crippen molar-refractivity contribution in [3.8, 4) is 5.75 Å². The Hall–Kier alpha value is -2.89. The number of amides is 2. The third-order valence-corrected chi connectivity index (χ3v) is 5.51. The minimum atomic E-state index is -0.339. The molecule has 1 heterocycles. The highest BCUT2D eigenvalue weighted by Gasteiger charge is 2.25. The van der Waals surface area contributed by atoms with E-state index in [2.05, 4.69) is 5.32 Å². The SMILES string of the molecule is O=C(NC1CC1)c1ccc(OCC2CCN(C(=O)c3ccc(F)cc3)CC2)cc1. The normalized spacial score (nSPS) is 17.1. The van der Waals surface area contributed by atoms with Crippen LogP contribution in [0.25, 0.3) is 0 Å². The molecule has 1 aliphatic heterocycles. The van der Waals surface area contributed by atoms with Gasteiger partial charge < -0.3 is 15.0 Å². The summed E-state index contributed by atoms with van der Waals surface area (Å²) in [5.74, 6) is 0.707. The van der Waals surface area contributed by atoms with Gasteiger partial charge in [-0.15, -0.1) is 0 Å². The van der Waals surface area contributed by atoms with Crippen LogP contribution < -0.4 is 10.1 Å². The summed E-state index contributed by atoms with van der Waals surface area (Å²) < 4.78 is 18.9. The van der Waals surface area contributed by atoms with Crippen LogP contribution in [0.5, 0.6) is 5.75 Å². The summed E-state index contributed by atoms with van der Waals surface area (Å²) in [6.07, 6.45) is 3.88. The van der Waals surface area contributed by atoms with Crippen LogP contribution in [0, 0.1) is 11.7 Å². The van der Waals surface area contributed by atoms with Crippen LogP contribution >= 0.6 is 0 Å². The fourth-order valence-corrected chi connectivity index (χ4v) is 3.49. The van der Waals surface area contributed by atoms with Crippen LogP contribution in [0.1, 0.15) is 46.4 Å². The molecule has 1 N–H and O–H groups in total. The highest BCUT2D eigenvalue weighted by Crippen LogP contribution is 2.22. The molecule has 2 aromatic rings.